The zero-order valence-electron chi connectivity index (χ0n) is 8.58. The summed E-state index contributed by atoms with van der Waals surface area (Å²) in [5.74, 6) is -1.15. The zero-order chi connectivity index (χ0) is 12.4. The van der Waals surface area contributed by atoms with E-state index >= 15 is 0 Å². The molecule has 0 amide bonds. The first-order valence-corrected chi connectivity index (χ1v) is 5.21. The van der Waals surface area contributed by atoms with E-state index in [0.717, 1.165) is 6.07 Å². The normalized spacial score (nSPS) is 10.3. The second kappa shape index (κ2) is 4.63. The predicted molar refractivity (Wildman–Crippen MR) is 62.0 cm³/mol. The van der Waals surface area contributed by atoms with Crippen LogP contribution in [0.1, 0.15) is 10.4 Å². The first-order chi connectivity index (χ1) is 8.09. The van der Waals surface area contributed by atoms with Gasteiger partial charge in [0.25, 0.3) is 5.24 Å². The van der Waals surface area contributed by atoms with Crippen LogP contribution >= 0.6 is 11.6 Å². The first kappa shape index (κ1) is 11.7. The highest BCUT2D eigenvalue weighted by molar-refractivity contribution is 6.67. The van der Waals surface area contributed by atoms with Gasteiger partial charge < -0.3 is 0 Å². The lowest BCUT2D eigenvalue weighted by atomic mass is 10.0. The van der Waals surface area contributed by atoms with Crippen molar-refractivity contribution in [1.29, 1.82) is 0 Å². The summed E-state index contributed by atoms with van der Waals surface area (Å²) < 4.78 is 27.1. The van der Waals surface area contributed by atoms with Crippen molar-refractivity contribution in [3.8, 4) is 11.1 Å². The topological polar surface area (TPSA) is 17.1 Å². The lowest BCUT2D eigenvalue weighted by molar-refractivity contribution is 0.108. The second-order valence-corrected chi connectivity index (χ2v) is 3.79. The fraction of sp³-hybridized carbons (Fsp3) is 0. The van der Waals surface area contributed by atoms with E-state index in [9.17, 15) is 13.6 Å². The average molecular weight is 253 g/mol. The van der Waals surface area contributed by atoms with Crippen LogP contribution in [-0.4, -0.2) is 5.24 Å². The van der Waals surface area contributed by atoms with E-state index in [1.807, 2.05) is 0 Å². The number of carbonyl (C=O) groups excluding carboxylic acids is 1. The molecule has 0 aromatic heterocycles. The Morgan fingerprint density at radius 1 is 0.941 bits per heavy atom. The van der Waals surface area contributed by atoms with Crippen LogP contribution in [0.25, 0.3) is 11.1 Å². The van der Waals surface area contributed by atoms with Crippen molar-refractivity contribution in [3.63, 3.8) is 0 Å². The minimum absolute atomic E-state index is 0.0228. The molecule has 17 heavy (non-hydrogen) atoms. The summed E-state index contributed by atoms with van der Waals surface area (Å²) in [7, 11) is 0. The van der Waals surface area contributed by atoms with Gasteiger partial charge in [0.2, 0.25) is 0 Å². The van der Waals surface area contributed by atoms with Gasteiger partial charge in [0.15, 0.2) is 0 Å². The van der Waals surface area contributed by atoms with E-state index in [-0.39, 0.29) is 16.7 Å². The lowest BCUT2D eigenvalue weighted by Crippen LogP contribution is -1.94. The third-order valence-corrected chi connectivity index (χ3v) is 2.58. The molecule has 2 rings (SSSR count). The molecule has 0 aliphatic rings. The van der Waals surface area contributed by atoms with Crippen molar-refractivity contribution in [2.75, 3.05) is 0 Å². The van der Waals surface area contributed by atoms with Crippen LogP contribution in [0.4, 0.5) is 8.78 Å². The molecule has 0 aliphatic heterocycles. The molecule has 0 heterocycles. The number of hydrogen-bond donors (Lipinski definition) is 0. The smallest absolute Gasteiger partial charge is 0.252 e. The summed E-state index contributed by atoms with van der Waals surface area (Å²) >= 11 is 5.30. The van der Waals surface area contributed by atoms with Gasteiger partial charge in [-0.05, 0) is 35.9 Å². The molecule has 2 aromatic carbocycles. The van der Waals surface area contributed by atoms with Crippen LogP contribution in [0, 0.1) is 11.6 Å². The molecule has 86 valence electrons. The molecule has 0 aliphatic carbocycles. The minimum Gasteiger partial charge on any atom is -0.276 e. The van der Waals surface area contributed by atoms with Gasteiger partial charge in [-0.2, -0.15) is 0 Å². The van der Waals surface area contributed by atoms with Crippen molar-refractivity contribution in [3.05, 3.63) is 59.7 Å². The third kappa shape index (κ3) is 2.34. The molecule has 0 atom stereocenters. The van der Waals surface area contributed by atoms with E-state index in [0.29, 0.717) is 0 Å². The molecule has 0 radical (unpaired) electrons. The standard InChI is InChI=1S/C13H7ClF2O/c14-13(17)8-5-6-12(16)10(7-8)9-3-1-2-4-11(9)15/h1-7H. The van der Waals surface area contributed by atoms with Crippen molar-refractivity contribution in [2.45, 2.75) is 0 Å². The monoisotopic (exact) mass is 252 g/mol. The van der Waals surface area contributed by atoms with E-state index in [1.165, 1.54) is 30.3 Å². The second-order valence-electron chi connectivity index (χ2n) is 3.45. The van der Waals surface area contributed by atoms with E-state index < -0.39 is 16.9 Å². The third-order valence-electron chi connectivity index (χ3n) is 2.36. The summed E-state index contributed by atoms with van der Waals surface area (Å²) in [6, 6.07) is 9.36. The van der Waals surface area contributed by atoms with Crippen molar-refractivity contribution < 1.29 is 13.6 Å². The van der Waals surface area contributed by atoms with Crippen molar-refractivity contribution >= 4 is 16.8 Å². The SMILES string of the molecule is O=C(Cl)c1ccc(F)c(-c2ccccc2F)c1. The number of carbonyl (C=O) groups is 1. The van der Waals surface area contributed by atoms with Crippen LogP contribution in [-0.2, 0) is 0 Å². The van der Waals surface area contributed by atoms with Gasteiger partial charge in [-0.15, -0.1) is 0 Å². The maximum atomic E-state index is 13.6. The van der Waals surface area contributed by atoms with Gasteiger partial charge in [0.1, 0.15) is 11.6 Å². The number of benzene rings is 2. The Hall–Kier alpha value is -1.74. The highest BCUT2D eigenvalue weighted by Gasteiger charge is 2.12. The van der Waals surface area contributed by atoms with E-state index in [4.69, 9.17) is 11.6 Å². The molecule has 0 saturated carbocycles. The Balaban J connectivity index is 2.63. The maximum Gasteiger partial charge on any atom is 0.252 e. The van der Waals surface area contributed by atoms with Crippen LogP contribution < -0.4 is 0 Å². The summed E-state index contributed by atoms with van der Waals surface area (Å²) in [6.45, 7) is 0. The van der Waals surface area contributed by atoms with Gasteiger partial charge in [-0.3, -0.25) is 4.79 Å². The molecule has 0 N–H and O–H groups in total. The van der Waals surface area contributed by atoms with E-state index in [1.54, 1.807) is 6.07 Å². The number of rotatable bonds is 2. The Labute approximate surface area is 102 Å². The van der Waals surface area contributed by atoms with Gasteiger partial charge in [-0.25, -0.2) is 8.78 Å². The minimum atomic E-state index is -0.706. The van der Waals surface area contributed by atoms with Crippen LogP contribution in [0.15, 0.2) is 42.5 Å². The highest BCUT2D eigenvalue weighted by Crippen LogP contribution is 2.26. The summed E-state index contributed by atoms with van der Waals surface area (Å²) in [5, 5.41) is -0.706. The number of hydrogen-bond acceptors (Lipinski definition) is 1. The van der Waals surface area contributed by atoms with E-state index in [2.05, 4.69) is 0 Å². The Bertz CT molecular complexity index is 581. The van der Waals surface area contributed by atoms with Crippen LogP contribution in [0.3, 0.4) is 0 Å². The Morgan fingerprint density at radius 3 is 2.24 bits per heavy atom. The lowest BCUT2D eigenvalue weighted by Gasteiger charge is -2.06. The molecule has 1 nitrogen and oxygen atoms in total. The zero-order valence-corrected chi connectivity index (χ0v) is 9.34. The van der Waals surface area contributed by atoms with Gasteiger partial charge in [0.05, 0.1) is 0 Å². The number of halogens is 3. The molecule has 0 saturated heterocycles. The van der Waals surface area contributed by atoms with Gasteiger partial charge >= 0.3 is 0 Å². The molecule has 0 spiro atoms. The molecule has 4 heteroatoms. The molecule has 0 bridgehead atoms. The fourth-order valence-corrected chi connectivity index (χ4v) is 1.65. The van der Waals surface area contributed by atoms with Crippen LogP contribution in [0.5, 0.6) is 0 Å². The summed E-state index contributed by atoms with van der Waals surface area (Å²) in [6.07, 6.45) is 0. The van der Waals surface area contributed by atoms with Gasteiger partial charge in [-0.1, -0.05) is 18.2 Å². The van der Waals surface area contributed by atoms with Crippen molar-refractivity contribution in [1.82, 2.24) is 0 Å². The molecular weight excluding hydrogens is 246 g/mol. The largest absolute Gasteiger partial charge is 0.276 e. The molecule has 0 fully saturated rings. The van der Waals surface area contributed by atoms with Gasteiger partial charge in [0, 0.05) is 16.7 Å². The first-order valence-electron chi connectivity index (χ1n) is 4.84. The quantitative estimate of drug-likeness (QED) is 0.738. The van der Waals surface area contributed by atoms with Crippen LogP contribution in [0.2, 0.25) is 0 Å². The molecule has 2 aromatic rings. The molecule has 0 unspecified atom stereocenters. The Morgan fingerprint density at radius 2 is 1.59 bits per heavy atom. The Kier molecular flexibility index (Phi) is 3.20. The highest BCUT2D eigenvalue weighted by atomic mass is 35.5. The fourth-order valence-electron chi connectivity index (χ4n) is 1.53. The predicted octanol–water partition coefficient (Wildman–Crippen LogP) is 4.01. The summed E-state index contributed by atoms with van der Waals surface area (Å²) in [5.41, 5.74) is 0.255. The maximum absolute atomic E-state index is 13.6. The summed E-state index contributed by atoms with van der Waals surface area (Å²) in [4.78, 5) is 11.0. The molecular formula is C13H7ClF2O. The average Bonchev–Trinajstić information content (AvgIpc) is 2.30. The van der Waals surface area contributed by atoms with Crippen molar-refractivity contribution in [2.24, 2.45) is 0 Å².